The predicted molar refractivity (Wildman–Crippen MR) is 142 cm³/mol. The largest absolute Gasteiger partial charge is 0.393 e. The van der Waals surface area contributed by atoms with Gasteiger partial charge in [-0.3, -0.25) is 0 Å². The van der Waals surface area contributed by atoms with E-state index in [2.05, 4.69) is 51.7 Å². The SMILES string of the molecule is C=C1/C(=C\C=C2/CCC[C@]3(C)C([C@@H](C)[C@@H](/C=C/CCC(C)(C)O)CC)CC[C@@H]23)C[C@@H](O)C[C@@H]1O. The van der Waals surface area contributed by atoms with Gasteiger partial charge in [-0.15, -0.1) is 0 Å². The second-order valence-corrected chi connectivity index (χ2v) is 12.4. The molecule has 7 atom stereocenters. The van der Waals surface area contributed by atoms with Crippen LogP contribution in [0.3, 0.4) is 0 Å². The summed E-state index contributed by atoms with van der Waals surface area (Å²) in [6, 6.07) is 0. The number of hydrogen-bond acceptors (Lipinski definition) is 3. The lowest BCUT2D eigenvalue weighted by molar-refractivity contribution is 0.0718. The van der Waals surface area contributed by atoms with Gasteiger partial charge < -0.3 is 15.3 Å². The van der Waals surface area contributed by atoms with Crippen molar-refractivity contribution < 1.29 is 15.3 Å². The molecule has 3 rings (SSSR count). The van der Waals surface area contributed by atoms with Gasteiger partial charge in [-0.1, -0.05) is 57.2 Å². The Morgan fingerprint density at radius 3 is 2.62 bits per heavy atom. The number of aliphatic hydroxyl groups is 3. The van der Waals surface area contributed by atoms with Gasteiger partial charge >= 0.3 is 0 Å². The molecule has 0 saturated heterocycles. The van der Waals surface area contributed by atoms with Crippen molar-refractivity contribution in [2.24, 2.45) is 29.1 Å². The normalized spacial score (nSPS) is 36.9. The fraction of sp³-hybridized carbons (Fsp3) is 0.742. The molecular formula is C31H50O3. The summed E-state index contributed by atoms with van der Waals surface area (Å²) in [5.41, 5.74) is 3.10. The maximum Gasteiger partial charge on any atom is 0.0811 e. The van der Waals surface area contributed by atoms with E-state index in [0.29, 0.717) is 36.0 Å². The predicted octanol–water partition coefficient (Wildman–Crippen LogP) is 6.90. The zero-order chi connectivity index (χ0) is 25.1. The van der Waals surface area contributed by atoms with E-state index in [1.807, 2.05) is 13.8 Å². The highest BCUT2D eigenvalue weighted by atomic mass is 16.3. The molecule has 3 N–H and O–H groups in total. The fourth-order valence-electron chi connectivity index (χ4n) is 7.30. The Hall–Kier alpha value is -1.16. The van der Waals surface area contributed by atoms with Crippen LogP contribution in [-0.2, 0) is 0 Å². The minimum atomic E-state index is -0.621. The van der Waals surface area contributed by atoms with E-state index in [4.69, 9.17) is 0 Å². The maximum absolute atomic E-state index is 10.2. The first-order valence-corrected chi connectivity index (χ1v) is 13.8. The van der Waals surface area contributed by atoms with Crippen LogP contribution < -0.4 is 0 Å². The smallest absolute Gasteiger partial charge is 0.0811 e. The molecule has 0 aromatic heterocycles. The van der Waals surface area contributed by atoms with Crippen LogP contribution in [-0.4, -0.2) is 33.1 Å². The first-order valence-electron chi connectivity index (χ1n) is 13.8. The van der Waals surface area contributed by atoms with Crippen LogP contribution in [0.4, 0.5) is 0 Å². The summed E-state index contributed by atoms with van der Waals surface area (Å²) in [5.74, 6) is 2.60. The first-order chi connectivity index (χ1) is 16.0. The van der Waals surface area contributed by atoms with Crippen LogP contribution in [0.5, 0.6) is 0 Å². The van der Waals surface area contributed by atoms with Crippen LogP contribution in [0.1, 0.15) is 98.8 Å². The van der Waals surface area contributed by atoms with Gasteiger partial charge in [0, 0.05) is 6.42 Å². The topological polar surface area (TPSA) is 60.7 Å². The van der Waals surface area contributed by atoms with Crippen LogP contribution in [0.25, 0.3) is 0 Å². The molecule has 3 aliphatic carbocycles. The fourth-order valence-corrected chi connectivity index (χ4v) is 7.30. The van der Waals surface area contributed by atoms with Crippen LogP contribution >= 0.6 is 0 Å². The average Bonchev–Trinajstić information content (AvgIpc) is 3.11. The molecule has 0 spiro atoms. The molecule has 1 unspecified atom stereocenters. The minimum Gasteiger partial charge on any atom is -0.393 e. The molecule has 0 aromatic carbocycles. The minimum absolute atomic E-state index is 0.346. The van der Waals surface area contributed by atoms with Gasteiger partial charge in [0.05, 0.1) is 17.8 Å². The van der Waals surface area contributed by atoms with E-state index >= 15 is 0 Å². The van der Waals surface area contributed by atoms with Crippen molar-refractivity contribution in [3.05, 3.63) is 47.6 Å². The second kappa shape index (κ2) is 11.3. The van der Waals surface area contributed by atoms with Gasteiger partial charge in [-0.25, -0.2) is 0 Å². The quantitative estimate of drug-likeness (QED) is 0.338. The number of aliphatic hydroxyl groups excluding tert-OH is 2. The zero-order valence-corrected chi connectivity index (χ0v) is 22.4. The van der Waals surface area contributed by atoms with Crippen LogP contribution in [0.2, 0.25) is 0 Å². The van der Waals surface area contributed by atoms with Crippen molar-refractivity contribution in [2.45, 2.75) is 117 Å². The second-order valence-electron chi connectivity index (χ2n) is 12.4. The Balaban J connectivity index is 1.73. The molecule has 34 heavy (non-hydrogen) atoms. The number of allylic oxidation sites excluding steroid dienone is 5. The summed E-state index contributed by atoms with van der Waals surface area (Å²) in [7, 11) is 0. The lowest BCUT2D eigenvalue weighted by atomic mass is 9.59. The highest BCUT2D eigenvalue weighted by molar-refractivity contribution is 5.38. The van der Waals surface area contributed by atoms with Crippen LogP contribution in [0.15, 0.2) is 47.6 Å². The molecule has 3 aliphatic rings. The number of fused-ring (bicyclic) bond motifs is 1. The molecule has 0 aromatic rings. The molecule has 0 bridgehead atoms. The molecule has 192 valence electrons. The van der Waals surface area contributed by atoms with Crippen LogP contribution in [0, 0.1) is 29.1 Å². The molecule has 3 fully saturated rings. The lowest BCUT2D eigenvalue weighted by Crippen LogP contribution is -2.37. The highest BCUT2D eigenvalue weighted by Crippen LogP contribution is 2.60. The summed E-state index contributed by atoms with van der Waals surface area (Å²) in [5, 5.41) is 30.3. The lowest BCUT2D eigenvalue weighted by Gasteiger charge is -2.45. The van der Waals surface area contributed by atoms with Crippen molar-refractivity contribution in [3.8, 4) is 0 Å². The van der Waals surface area contributed by atoms with E-state index in [9.17, 15) is 15.3 Å². The first kappa shape index (κ1) is 27.4. The number of rotatable bonds is 8. The van der Waals surface area contributed by atoms with E-state index in [1.54, 1.807) is 5.57 Å². The van der Waals surface area contributed by atoms with Gasteiger partial charge in [0.15, 0.2) is 0 Å². The Labute approximate surface area is 208 Å². The Kier molecular flexibility index (Phi) is 9.09. The van der Waals surface area contributed by atoms with E-state index in [-0.39, 0.29) is 0 Å². The van der Waals surface area contributed by atoms with Gasteiger partial charge in [-0.2, -0.15) is 0 Å². The van der Waals surface area contributed by atoms with Gasteiger partial charge in [0.25, 0.3) is 0 Å². The van der Waals surface area contributed by atoms with Crippen molar-refractivity contribution in [2.75, 3.05) is 0 Å². The third kappa shape index (κ3) is 6.33. The van der Waals surface area contributed by atoms with Gasteiger partial charge in [0.1, 0.15) is 0 Å². The number of hydrogen-bond donors (Lipinski definition) is 3. The maximum atomic E-state index is 10.2. The average molecular weight is 471 g/mol. The van der Waals surface area contributed by atoms with Crippen molar-refractivity contribution >= 4 is 0 Å². The monoisotopic (exact) mass is 470 g/mol. The van der Waals surface area contributed by atoms with Gasteiger partial charge in [0.2, 0.25) is 0 Å². The molecule has 0 heterocycles. The molecule has 3 saturated carbocycles. The van der Waals surface area contributed by atoms with E-state index in [1.165, 1.54) is 32.1 Å². The van der Waals surface area contributed by atoms with Gasteiger partial charge in [-0.05, 0) is 112 Å². The molecule has 0 amide bonds. The molecule has 3 nitrogen and oxygen atoms in total. The molecule has 3 heteroatoms. The highest BCUT2D eigenvalue weighted by Gasteiger charge is 2.51. The van der Waals surface area contributed by atoms with E-state index < -0.39 is 17.8 Å². The van der Waals surface area contributed by atoms with E-state index in [0.717, 1.165) is 36.3 Å². The molecule has 0 radical (unpaired) electrons. The summed E-state index contributed by atoms with van der Waals surface area (Å²) < 4.78 is 0. The standard InChI is InChI=1S/C31H50O3/c1-7-23(11-8-9-17-30(4,5)34)21(2)27-15-16-28-24(12-10-18-31(27,28)6)13-14-25-19-26(32)20-29(33)22(25)3/h8,11,13-14,21,23,26-29,32-34H,3,7,9-10,12,15-20H2,1-2,4-6H3/b11-8+,24-13+,25-14-/t21-,23+,26+,27?,28-,29-,31+/m0/s1. The summed E-state index contributed by atoms with van der Waals surface area (Å²) in [6.45, 7) is 15.2. The molecular weight excluding hydrogens is 420 g/mol. The molecule has 0 aliphatic heterocycles. The third-order valence-electron chi connectivity index (χ3n) is 9.39. The summed E-state index contributed by atoms with van der Waals surface area (Å²) >= 11 is 0. The van der Waals surface area contributed by atoms with Crippen molar-refractivity contribution in [3.63, 3.8) is 0 Å². The Morgan fingerprint density at radius 2 is 1.94 bits per heavy atom. The Bertz CT molecular complexity index is 798. The summed E-state index contributed by atoms with van der Waals surface area (Å²) in [6.07, 6.45) is 18.3. The summed E-state index contributed by atoms with van der Waals surface area (Å²) in [4.78, 5) is 0. The third-order valence-corrected chi connectivity index (χ3v) is 9.39. The Morgan fingerprint density at radius 1 is 1.21 bits per heavy atom. The zero-order valence-electron chi connectivity index (χ0n) is 22.4. The van der Waals surface area contributed by atoms with Crippen molar-refractivity contribution in [1.29, 1.82) is 0 Å². The van der Waals surface area contributed by atoms with Crippen molar-refractivity contribution in [1.82, 2.24) is 0 Å².